The molecule has 0 unspecified atom stereocenters. The summed E-state index contributed by atoms with van der Waals surface area (Å²) in [6.45, 7) is 4.11. The summed E-state index contributed by atoms with van der Waals surface area (Å²) in [7, 11) is 0. The molecule has 0 saturated heterocycles. The van der Waals surface area contributed by atoms with E-state index in [1.807, 2.05) is 49.4 Å². The number of aromatic nitrogens is 3. The summed E-state index contributed by atoms with van der Waals surface area (Å²) in [6, 6.07) is 16.2. The molecule has 4 rings (SSSR count). The summed E-state index contributed by atoms with van der Waals surface area (Å²) in [6.07, 6.45) is 0. The largest absolute Gasteiger partial charge is 0.419 e. The second-order valence-corrected chi connectivity index (χ2v) is 8.14. The lowest BCUT2D eigenvalue weighted by molar-refractivity contribution is 0.509. The van der Waals surface area contributed by atoms with Crippen LogP contribution in [0.1, 0.15) is 23.6 Å². The van der Waals surface area contributed by atoms with Crippen LogP contribution in [-0.4, -0.2) is 15.2 Å². The van der Waals surface area contributed by atoms with E-state index in [1.165, 1.54) is 10.3 Å². The first kappa shape index (κ1) is 15.4. The van der Waals surface area contributed by atoms with Crippen molar-refractivity contribution in [3.05, 3.63) is 60.0 Å². The van der Waals surface area contributed by atoms with Crippen LogP contribution < -0.4 is 0 Å². The Morgan fingerprint density at radius 1 is 1.08 bits per heavy atom. The van der Waals surface area contributed by atoms with Crippen molar-refractivity contribution >= 4 is 33.3 Å². The van der Waals surface area contributed by atoms with Crippen molar-refractivity contribution in [3.63, 3.8) is 0 Å². The molecule has 0 bridgehead atoms. The fourth-order valence-corrected chi connectivity index (χ4v) is 4.64. The number of rotatable bonds is 4. The van der Waals surface area contributed by atoms with E-state index in [0.717, 1.165) is 15.4 Å². The number of benzene rings is 2. The first-order valence-electron chi connectivity index (χ1n) is 7.62. The quantitative estimate of drug-likeness (QED) is 0.453. The third-order valence-electron chi connectivity index (χ3n) is 3.61. The molecule has 0 spiro atoms. The highest BCUT2D eigenvalue weighted by Crippen LogP contribution is 2.38. The Labute approximate surface area is 148 Å². The summed E-state index contributed by atoms with van der Waals surface area (Å²) in [5.41, 5.74) is 3.15. The maximum absolute atomic E-state index is 5.87. The van der Waals surface area contributed by atoms with Crippen molar-refractivity contribution in [1.29, 1.82) is 0 Å². The van der Waals surface area contributed by atoms with Gasteiger partial charge < -0.3 is 4.42 Å². The highest BCUT2D eigenvalue weighted by atomic mass is 32.2. The molecule has 0 radical (unpaired) electrons. The van der Waals surface area contributed by atoms with E-state index in [1.54, 1.807) is 23.1 Å². The van der Waals surface area contributed by atoms with Crippen molar-refractivity contribution < 1.29 is 4.42 Å². The predicted molar refractivity (Wildman–Crippen MR) is 98.4 cm³/mol. The molecule has 0 aliphatic carbocycles. The summed E-state index contributed by atoms with van der Waals surface area (Å²) >= 11 is 3.33. The lowest BCUT2D eigenvalue weighted by atomic mass is 10.1. The van der Waals surface area contributed by atoms with Crippen LogP contribution in [0.4, 0.5) is 0 Å². The fraction of sp³-hybridized carbons (Fsp3) is 0.167. The smallest absolute Gasteiger partial charge is 0.247 e. The maximum Gasteiger partial charge on any atom is 0.247 e. The van der Waals surface area contributed by atoms with E-state index >= 15 is 0 Å². The van der Waals surface area contributed by atoms with Crippen molar-refractivity contribution in [2.24, 2.45) is 0 Å². The molecule has 0 aliphatic rings. The topological polar surface area (TPSA) is 51.8 Å². The average molecular weight is 353 g/mol. The number of fused-ring (bicyclic) bond motifs is 1. The molecule has 0 amide bonds. The number of nitrogens with zero attached hydrogens (tertiary/aromatic N) is 3. The van der Waals surface area contributed by atoms with Gasteiger partial charge in [-0.1, -0.05) is 41.6 Å². The zero-order valence-electron chi connectivity index (χ0n) is 13.3. The minimum atomic E-state index is 0.0524. The fourth-order valence-electron chi connectivity index (χ4n) is 2.40. The molecule has 2 heterocycles. The Hall–Kier alpha value is -2.18. The van der Waals surface area contributed by atoms with E-state index in [2.05, 4.69) is 28.2 Å². The van der Waals surface area contributed by atoms with E-state index in [-0.39, 0.29) is 5.25 Å². The van der Waals surface area contributed by atoms with Gasteiger partial charge in [-0.25, -0.2) is 4.98 Å². The van der Waals surface area contributed by atoms with E-state index in [0.29, 0.717) is 11.8 Å². The van der Waals surface area contributed by atoms with E-state index < -0.39 is 0 Å². The minimum absolute atomic E-state index is 0.0524. The number of thioether (sulfide) groups is 1. The minimum Gasteiger partial charge on any atom is -0.419 e. The van der Waals surface area contributed by atoms with E-state index in [4.69, 9.17) is 4.42 Å². The van der Waals surface area contributed by atoms with Gasteiger partial charge in [0.15, 0.2) is 4.34 Å². The molecule has 4 nitrogen and oxygen atoms in total. The van der Waals surface area contributed by atoms with Crippen molar-refractivity contribution in [1.82, 2.24) is 15.2 Å². The molecule has 0 N–H and O–H groups in total. The third kappa shape index (κ3) is 3.07. The molecule has 4 aromatic rings. The molecule has 0 fully saturated rings. The van der Waals surface area contributed by atoms with E-state index in [9.17, 15) is 0 Å². The van der Waals surface area contributed by atoms with Crippen LogP contribution in [0.5, 0.6) is 0 Å². The van der Waals surface area contributed by atoms with Crippen molar-refractivity contribution in [2.75, 3.05) is 0 Å². The average Bonchev–Trinajstić information content (AvgIpc) is 3.21. The number of para-hydroxylation sites is 1. The Kier molecular flexibility index (Phi) is 4.08. The number of aryl methyl sites for hydroxylation is 1. The summed E-state index contributed by atoms with van der Waals surface area (Å²) in [5, 5.41) is 8.45. The molecule has 0 saturated carbocycles. The summed E-state index contributed by atoms with van der Waals surface area (Å²) < 4.78 is 8.07. The van der Waals surface area contributed by atoms with Crippen LogP contribution in [0.2, 0.25) is 0 Å². The van der Waals surface area contributed by atoms with Gasteiger partial charge in [-0.05, 0) is 38.1 Å². The SMILES string of the molecule is Cc1cccc(-c2nnc([C@H](C)Sc3nc4ccccc4s3)o2)c1. The van der Waals surface area contributed by atoms with Crippen LogP contribution in [0.25, 0.3) is 21.7 Å². The first-order valence-corrected chi connectivity index (χ1v) is 9.31. The lowest BCUT2D eigenvalue weighted by Gasteiger charge is -2.02. The summed E-state index contributed by atoms with van der Waals surface area (Å²) in [4.78, 5) is 4.65. The highest BCUT2D eigenvalue weighted by molar-refractivity contribution is 8.01. The number of hydrogen-bond donors (Lipinski definition) is 0. The van der Waals surface area contributed by atoms with Crippen LogP contribution in [0.15, 0.2) is 57.3 Å². The number of hydrogen-bond acceptors (Lipinski definition) is 6. The van der Waals surface area contributed by atoms with Gasteiger partial charge in [-0.15, -0.1) is 21.5 Å². The molecule has 6 heteroatoms. The van der Waals surface area contributed by atoms with Gasteiger partial charge >= 0.3 is 0 Å². The molecule has 120 valence electrons. The van der Waals surface area contributed by atoms with Crippen molar-refractivity contribution in [3.8, 4) is 11.5 Å². The Morgan fingerprint density at radius 2 is 1.96 bits per heavy atom. The molecule has 1 atom stereocenters. The Bertz CT molecular complexity index is 960. The zero-order valence-corrected chi connectivity index (χ0v) is 14.9. The first-order chi connectivity index (χ1) is 11.7. The maximum atomic E-state index is 5.87. The van der Waals surface area contributed by atoms with Crippen LogP contribution in [-0.2, 0) is 0 Å². The van der Waals surface area contributed by atoms with Gasteiger partial charge in [0.05, 0.1) is 15.5 Å². The Balaban J connectivity index is 1.55. The van der Waals surface area contributed by atoms with Gasteiger partial charge in [0.1, 0.15) is 0 Å². The zero-order chi connectivity index (χ0) is 16.5. The lowest BCUT2D eigenvalue weighted by Crippen LogP contribution is -1.88. The van der Waals surface area contributed by atoms with Gasteiger partial charge in [0, 0.05) is 5.56 Å². The summed E-state index contributed by atoms with van der Waals surface area (Å²) in [5.74, 6) is 1.18. The number of thiazole rings is 1. The van der Waals surface area contributed by atoms with Crippen LogP contribution in [0.3, 0.4) is 0 Å². The van der Waals surface area contributed by atoms with Crippen LogP contribution in [0, 0.1) is 6.92 Å². The monoisotopic (exact) mass is 353 g/mol. The predicted octanol–water partition coefficient (Wildman–Crippen LogP) is 5.51. The second-order valence-electron chi connectivity index (χ2n) is 5.52. The normalized spacial score (nSPS) is 12.6. The molecule has 24 heavy (non-hydrogen) atoms. The standard InChI is InChI=1S/C18H15N3OS2/c1-11-6-5-7-13(10-11)17-21-20-16(22-17)12(2)23-18-19-14-8-3-4-9-15(14)24-18/h3-10,12H,1-2H3/t12-/m0/s1. The highest BCUT2D eigenvalue weighted by Gasteiger charge is 2.18. The van der Waals surface area contributed by atoms with Crippen molar-refractivity contribution in [2.45, 2.75) is 23.4 Å². The molecular formula is C18H15N3OS2. The molecule has 0 aliphatic heterocycles. The second kappa shape index (κ2) is 6.37. The van der Waals surface area contributed by atoms with Crippen LogP contribution >= 0.6 is 23.1 Å². The van der Waals surface area contributed by atoms with Gasteiger partial charge in [-0.3, -0.25) is 0 Å². The molecule has 2 aromatic carbocycles. The van der Waals surface area contributed by atoms with Gasteiger partial charge in [0.2, 0.25) is 11.8 Å². The third-order valence-corrected chi connectivity index (χ3v) is 5.82. The van der Waals surface area contributed by atoms with Gasteiger partial charge in [0.25, 0.3) is 0 Å². The molecular weight excluding hydrogens is 338 g/mol. The Morgan fingerprint density at radius 3 is 2.79 bits per heavy atom. The van der Waals surface area contributed by atoms with Gasteiger partial charge in [-0.2, -0.15) is 0 Å². The molecule has 2 aromatic heterocycles.